The highest BCUT2D eigenvalue weighted by molar-refractivity contribution is 5.68. The monoisotopic (exact) mass is 363 g/mol. The number of hydrogen-bond donors (Lipinski definition) is 1. The van der Waals surface area contributed by atoms with Gasteiger partial charge >= 0.3 is 6.09 Å². The van der Waals surface area contributed by atoms with Gasteiger partial charge in [0.1, 0.15) is 11.4 Å². The van der Waals surface area contributed by atoms with Gasteiger partial charge in [0.05, 0.1) is 13.2 Å². The van der Waals surface area contributed by atoms with E-state index >= 15 is 0 Å². The number of aliphatic hydroxyl groups is 1. The number of nitrogens with zero attached hydrogens (tertiary/aromatic N) is 1. The van der Waals surface area contributed by atoms with Crippen LogP contribution >= 0.6 is 0 Å². The summed E-state index contributed by atoms with van der Waals surface area (Å²) in [5.41, 5.74) is 0.542. The third-order valence-electron chi connectivity index (χ3n) is 4.81. The Hall–Kier alpha value is -1.75. The predicted octanol–water partition coefficient (Wildman–Crippen LogP) is 4.37. The molecule has 0 unspecified atom stereocenters. The van der Waals surface area contributed by atoms with Crippen molar-refractivity contribution in [2.75, 3.05) is 13.7 Å². The highest BCUT2D eigenvalue weighted by Gasteiger charge is 2.25. The van der Waals surface area contributed by atoms with Crippen molar-refractivity contribution in [1.82, 2.24) is 4.90 Å². The first-order valence-corrected chi connectivity index (χ1v) is 9.56. The third kappa shape index (κ3) is 6.87. The lowest BCUT2D eigenvalue weighted by Gasteiger charge is -2.30. The van der Waals surface area contributed by atoms with Crippen molar-refractivity contribution < 1.29 is 19.4 Å². The van der Waals surface area contributed by atoms with Crippen LogP contribution in [-0.2, 0) is 11.3 Å². The predicted molar refractivity (Wildman–Crippen MR) is 102 cm³/mol. The van der Waals surface area contributed by atoms with Crippen LogP contribution in [0.3, 0.4) is 0 Å². The molecular weight excluding hydrogens is 330 g/mol. The van der Waals surface area contributed by atoms with Crippen LogP contribution in [0.15, 0.2) is 24.3 Å². The fourth-order valence-electron chi connectivity index (χ4n) is 3.28. The van der Waals surface area contributed by atoms with Crippen molar-refractivity contribution in [3.63, 3.8) is 0 Å². The molecule has 0 radical (unpaired) electrons. The van der Waals surface area contributed by atoms with E-state index in [9.17, 15) is 9.90 Å². The molecule has 1 fully saturated rings. The number of benzene rings is 1. The SMILES string of the molecule is COc1ccc(CN(CCC2CCC(O)CC2)C(=O)OC(C)(C)C)cc1. The van der Waals surface area contributed by atoms with Gasteiger partial charge in [0.15, 0.2) is 0 Å². The molecule has 1 aliphatic rings. The van der Waals surface area contributed by atoms with Gasteiger partial charge in [-0.1, -0.05) is 12.1 Å². The summed E-state index contributed by atoms with van der Waals surface area (Å²) in [7, 11) is 1.64. The Morgan fingerprint density at radius 1 is 1.15 bits per heavy atom. The molecule has 26 heavy (non-hydrogen) atoms. The van der Waals surface area contributed by atoms with Crippen molar-refractivity contribution >= 4 is 6.09 Å². The largest absolute Gasteiger partial charge is 0.497 e. The van der Waals surface area contributed by atoms with Crippen LogP contribution in [-0.4, -0.2) is 41.5 Å². The molecule has 0 aliphatic heterocycles. The fourth-order valence-corrected chi connectivity index (χ4v) is 3.28. The highest BCUT2D eigenvalue weighted by Crippen LogP contribution is 2.27. The second-order valence-electron chi connectivity index (χ2n) is 8.21. The van der Waals surface area contributed by atoms with E-state index < -0.39 is 5.60 Å². The van der Waals surface area contributed by atoms with E-state index in [1.165, 1.54) is 0 Å². The average molecular weight is 363 g/mol. The van der Waals surface area contributed by atoms with Crippen LogP contribution in [0.25, 0.3) is 0 Å². The van der Waals surface area contributed by atoms with E-state index in [0.717, 1.165) is 43.4 Å². The highest BCUT2D eigenvalue weighted by atomic mass is 16.6. The molecule has 0 bridgehead atoms. The summed E-state index contributed by atoms with van der Waals surface area (Å²) in [5.74, 6) is 1.37. The Labute approximate surface area is 157 Å². The molecule has 0 saturated heterocycles. The maximum atomic E-state index is 12.7. The van der Waals surface area contributed by atoms with E-state index in [4.69, 9.17) is 9.47 Å². The smallest absolute Gasteiger partial charge is 0.410 e. The van der Waals surface area contributed by atoms with Gasteiger partial charge in [0.25, 0.3) is 0 Å². The summed E-state index contributed by atoms with van der Waals surface area (Å²) in [4.78, 5) is 14.4. The summed E-state index contributed by atoms with van der Waals surface area (Å²) in [6, 6.07) is 7.77. The standard InChI is InChI=1S/C21H33NO4/c1-21(2,3)26-20(24)22(14-13-16-5-9-18(23)10-6-16)15-17-7-11-19(25-4)12-8-17/h7-8,11-12,16,18,23H,5-6,9-10,13-15H2,1-4H3. The Morgan fingerprint density at radius 2 is 1.77 bits per heavy atom. The van der Waals surface area contributed by atoms with E-state index in [1.807, 2.05) is 45.0 Å². The van der Waals surface area contributed by atoms with Gasteiger partial charge in [0, 0.05) is 13.1 Å². The molecular formula is C21H33NO4. The second kappa shape index (κ2) is 9.26. The maximum absolute atomic E-state index is 12.7. The van der Waals surface area contributed by atoms with Crippen molar-refractivity contribution in [1.29, 1.82) is 0 Å². The molecule has 5 heteroatoms. The topological polar surface area (TPSA) is 59.0 Å². The zero-order valence-corrected chi connectivity index (χ0v) is 16.5. The molecule has 146 valence electrons. The molecule has 0 heterocycles. The van der Waals surface area contributed by atoms with Gasteiger partial charge in [-0.05, 0) is 76.5 Å². The van der Waals surface area contributed by atoms with Crippen LogP contribution in [0.4, 0.5) is 4.79 Å². The minimum absolute atomic E-state index is 0.146. The first-order chi connectivity index (χ1) is 12.3. The Bertz CT molecular complexity index is 556. The Balaban J connectivity index is 1.99. The zero-order chi connectivity index (χ0) is 19.2. The van der Waals surface area contributed by atoms with Crippen LogP contribution in [0.5, 0.6) is 5.75 Å². The average Bonchev–Trinajstić information content (AvgIpc) is 2.59. The molecule has 0 atom stereocenters. The molecule has 1 saturated carbocycles. The minimum atomic E-state index is -0.510. The first kappa shape index (κ1) is 20.6. The summed E-state index contributed by atoms with van der Waals surface area (Å²) in [6.45, 7) is 6.85. The summed E-state index contributed by atoms with van der Waals surface area (Å²) in [5, 5.41) is 9.66. The van der Waals surface area contributed by atoms with Crippen LogP contribution in [0, 0.1) is 5.92 Å². The minimum Gasteiger partial charge on any atom is -0.497 e. The lowest BCUT2D eigenvalue weighted by molar-refractivity contribution is 0.0211. The molecule has 1 aromatic rings. The van der Waals surface area contributed by atoms with Crippen molar-refractivity contribution in [3.8, 4) is 5.75 Å². The maximum Gasteiger partial charge on any atom is 0.410 e. The molecule has 1 amide bonds. The van der Waals surface area contributed by atoms with Gasteiger partial charge in [-0.25, -0.2) is 4.79 Å². The quantitative estimate of drug-likeness (QED) is 0.815. The number of rotatable bonds is 6. The number of aliphatic hydroxyl groups excluding tert-OH is 1. The van der Waals surface area contributed by atoms with Gasteiger partial charge in [0.2, 0.25) is 0 Å². The lowest BCUT2D eigenvalue weighted by atomic mass is 9.85. The van der Waals surface area contributed by atoms with Crippen LogP contribution < -0.4 is 4.74 Å². The van der Waals surface area contributed by atoms with Gasteiger partial charge in [-0.2, -0.15) is 0 Å². The number of carbonyl (C=O) groups excluding carboxylic acids is 1. The van der Waals surface area contributed by atoms with E-state index in [1.54, 1.807) is 12.0 Å². The summed E-state index contributed by atoms with van der Waals surface area (Å²) < 4.78 is 10.8. The Kier molecular flexibility index (Phi) is 7.33. The number of ether oxygens (including phenoxy) is 2. The molecule has 1 N–H and O–H groups in total. The van der Waals surface area contributed by atoms with E-state index in [2.05, 4.69) is 0 Å². The van der Waals surface area contributed by atoms with Crippen LogP contribution in [0.1, 0.15) is 58.4 Å². The second-order valence-corrected chi connectivity index (χ2v) is 8.21. The van der Waals surface area contributed by atoms with Crippen molar-refractivity contribution in [2.45, 2.75) is 71.1 Å². The first-order valence-electron chi connectivity index (χ1n) is 9.56. The summed E-state index contributed by atoms with van der Waals surface area (Å²) >= 11 is 0. The van der Waals surface area contributed by atoms with E-state index in [-0.39, 0.29) is 12.2 Å². The van der Waals surface area contributed by atoms with Gasteiger partial charge < -0.3 is 19.5 Å². The lowest BCUT2D eigenvalue weighted by Crippen LogP contribution is -2.37. The van der Waals surface area contributed by atoms with Gasteiger partial charge in [-0.3, -0.25) is 0 Å². The molecule has 1 aromatic carbocycles. The number of methoxy groups -OCH3 is 1. The molecule has 0 spiro atoms. The zero-order valence-electron chi connectivity index (χ0n) is 16.5. The van der Waals surface area contributed by atoms with Crippen molar-refractivity contribution in [2.24, 2.45) is 5.92 Å². The molecule has 0 aromatic heterocycles. The Morgan fingerprint density at radius 3 is 2.31 bits per heavy atom. The van der Waals surface area contributed by atoms with Crippen molar-refractivity contribution in [3.05, 3.63) is 29.8 Å². The molecule has 5 nitrogen and oxygen atoms in total. The molecule has 1 aliphatic carbocycles. The third-order valence-corrected chi connectivity index (χ3v) is 4.81. The summed E-state index contributed by atoms with van der Waals surface area (Å²) in [6.07, 6.45) is 4.34. The normalized spacial score (nSPS) is 20.5. The van der Waals surface area contributed by atoms with Crippen LogP contribution in [0.2, 0.25) is 0 Å². The number of amides is 1. The molecule has 2 rings (SSSR count). The number of carbonyl (C=O) groups is 1. The van der Waals surface area contributed by atoms with Gasteiger partial charge in [-0.15, -0.1) is 0 Å². The number of hydrogen-bond acceptors (Lipinski definition) is 4. The fraction of sp³-hybridized carbons (Fsp3) is 0.667. The van der Waals surface area contributed by atoms with E-state index in [0.29, 0.717) is 19.0 Å².